The second kappa shape index (κ2) is 9.97. The fourth-order valence-electron chi connectivity index (χ4n) is 1.69. The Kier molecular flexibility index (Phi) is 9.60. The summed E-state index contributed by atoms with van der Waals surface area (Å²) in [5, 5.41) is 0. The van der Waals surface area contributed by atoms with Crippen LogP contribution in [0, 0.1) is 5.92 Å². The van der Waals surface area contributed by atoms with E-state index in [9.17, 15) is 0 Å². The fourth-order valence-corrected chi connectivity index (χ4v) is 1.69. The Morgan fingerprint density at radius 2 is 2.00 bits per heavy atom. The van der Waals surface area contributed by atoms with Gasteiger partial charge in [-0.3, -0.25) is 0 Å². The van der Waals surface area contributed by atoms with E-state index in [0.717, 1.165) is 5.92 Å². The molecule has 0 aromatic heterocycles. The molecule has 0 aromatic rings. The minimum atomic E-state index is 0.742. The summed E-state index contributed by atoms with van der Waals surface area (Å²) in [6.45, 7) is 8.70. The van der Waals surface area contributed by atoms with Gasteiger partial charge in [-0.1, -0.05) is 51.5 Å². The van der Waals surface area contributed by atoms with Gasteiger partial charge >= 0.3 is 0 Å². The van der Waals surface area contributed by atoms with Gasteiger partial charge in [0.05, 0.1) is 0 Å². The first-order valence-electron chi connectivity index (χ1n) is 6.34. The smallest absolute Gasteiger partial charge is 0.00444 e. The van der Waals surface area contributed by atoms with Crippen LogP contribution in [0.25, 0.3) is 0 Å². The Balaban J connectivity index is 0.000000921. The fraction of sp³-hybridized carbons (Fsp3) is 0.714. The second-order valence-electron chi connectivity index (χ2n) is 3.92. The molecule has 0 heterocycles. The molecular weight excluding hydrogens is 182 g/mol. The molecule has 0 radical (unpaired) electrons. The van der Waals surface area contributed by atoms with E-state index in [1.807, 2.05) is 13.8 Å². The molecule has 0 amide bonds. The number of nitrogens with zero attached hydrogens (tertiary/aromatic N) is 1. The zero-order chi connectivity index (χ0) is 11.5. The molecule has 1 aliphatic rings. The van der Waals surface area contributed by atoms with Crippen LogP contribution < -0.4 is 0 Å². The average molecular weight is 209 g/mol. The van der Waals surface area contributed by atoms with E-state index in [1.165, 1.54) is 32.4 Å². The molecule has 1 nitrogen and oxygen atoms in total. The summed E-state index contributed by atoms with van der Waals surface area (Å²) in [6.07, 6.45) is 12.7. The minimum Gasteiger partial charge on any atom is -0.306 e. The summed E-state index contributed by atoms with van der Waals surface area (Å²) < 4.78 is 0. The van der Waals surface area contributed by atoms with Gasteiger partial charge in [0.15, 0.2) is 0 Å². The molecule has 15 heavy (non-hydrogen) atoms. The number of allylic oxidation sites excluding steroid dienone is 3. The highest BCUT2D eigenvalue weighted by molar-refractivity contribution is 5.11. The summed E-state index contributed by atoms with van der Waals surface area (Å²) >= 11 is 0. The maximum Gasteiger partial charge on any atom is 0.00444 e. The van der Waals surface area contributed by atoms with Gasteiger partial charge in [-0.25, -0.2) is 0 Å². The molecule has 0 spiro atoms. The summed E-state index contributed by atoms with van der Waals surface area (Å²) in [7, 11) is 2.22. The topological polar surface area (TPSA) is 3.24 Å². The Morgan fingerprint density at radius 1 is 1.27 bits per heavy atom. The van der Waals surface area contributed by atoms with Crippen LogP contribution in [0.1, 0.15) is 40.0 Å². The van der Waals surface area contributed by atoms with E-state index in [0.29, 0.717) is 0 Å². The van der Waals surface area contributed by atoms with Crippen molar-refractivity contribution in [3.8, 4) is 0 Å². The van der Waals surface area contributed by atoms with E-state index in [1.54, 1.807) is 0 Å². The molecule has 0 saturated carbocycles. The predicted octanol–water partition coefficient (Wildman–Crippen LogP) is 3.88. The first-order chi connectivity index (χ1) is 7.33. The molecule has 0 saturated heterocycles. The SMILES string of the molecule is CC.CCCCN(C)CC1C=CC=CC1. The van der Waals surface area contributed by atoms with Crippen LogP contribution in [0.15, 0.2) is 24.3 Å². The van der Waals surface area contributed by atoms with E-state index >= 15 is 0 Å². The summed E-state index contributed by atoms with van der Waals surface area (Å²) in [4.78, 5) is 2.44. The molecule has 0 N–H and O–H groups in total. The Bertz CT molecular complexity index is 182. The molecule has 1 atom stereocenters. The maximum atomic E-state index is 2.44. The number of rotatable bonds is 5. The number of unbranched alkanes of at least 4 members (excludes halogenated alkanes) is 1. The van der Waals surface area contributed by atoms with Gasteiger partial charge in [-0.2, -0.15) is 0 Å². The largest absolute Gasteiger partial charge is 0.306 e. The van der Waals surface area contributed by atoms with Crippen molar-refractivity contribution in [2.45, 2.75) is 40.0 Å². The maximum absolute atomic E-state index is 2.44. The average Bonchev–Trinajstić information content (AvgIpc) is 2.30. The first-order valence-corrected chi connectivity index (χ1v) is 6.34. The number of hydrogen-bond acceptors (Lipinski definition) is 1. The molecular formula is C14H27N. The normalized spacial score (nSPS) is 18.9. The van der Waals surface area contributed by atoms with Crippen LogP contribution >= 0.6 is 0 Å². The molecule has 1 rings (SSSR count). The third kappa shape index (κ3) is 7.38. The van der Waals surface area contributed by atoms with E-state index in [4.69, 9.17) is 0 Å². The third-order valence-electron chi connectivity index (χ3n) is 2.51. The van der Waals surface area contributed by atoms with Gasteiger partial charge in [0.1, 0.15) is 0 Å². The molecule has 0 fully saturated rings. The van der Waals surface area contributed by atoms with Crippen molar-refractivity contribution >= 4 is 0 Å². The molecule has 0 aliphatic heterocycles. The Labute approximate surface area is 95.9 Å². The lowest BCUT2D eigenvalue weighted by molar-refractivity contribution is 0.295. The van der Waals surface area contributed by atoms with Crippen molar-refractivity contribution in [1.82, 2.24) is 4.90 Å². The highest BCUT2D eigenvalue weighted by Gasteiger charge is 2.07. The lowest BCUT2D eigenvalue weighted by atomic mass is 10.0. The first kappa shape index (κ1) is 14.4. The van der Waals surface area contributed by atoms with Crippen LogP contribution in [-0.4, -0.2) is 25.0 Å². The third-order valence-corrected chi connectivity index (χ3v) is 2.51. The van der Waals surface area contributed by atoms with E-state index < -0.39 is 0 Å². The predicted molar refractivity (Wildman–Crippen MR) is 70.1 cm³/mol. The van der Waals surface area contributed by atoms with E-state index in [2.05, 4.69) is 43.2 Å². The van der Waals surface area contributed by atoms with Gasteiger partial charge < -0.3 is 4.90 Å². The van der Waals surface area contributed by atoms with Crippen molar-refractivity contribution in [2.24, 2.45) is 5.92 Å². The molecule has 1 aliphatic carbocycles. The molecule has 1 heteroatoms. The van der Waals surface area contributed by atoms with Crippen molar-refractivity contribution in [3.05, 3.63) is 24.3 Å². The quantitative estimate of drug-likeness (QED) is 0.664. The number of hydrogen-bond donors (Lipinski definition) is 0. The van der Waals surface area contributed by atoms with Crippen LogP contribution in [0.3, 0.4) is 0 Å². The monoisotopic (exact) mass is 209 g/mol. The Hall–Kier alpha value is -0.560. The lowest BCUT2D eigenvalue weighted by Crippen LogP contribution is -2.26. The molecule has 88 valence electrons. The molecule has 0 aromatic carbocycles. The van der Waals surface area contributed by atoms with Gasteiger partial charge in [-0.15, -0.1) is 0 Å². The second-order valence-corrected chi connectivity index (χ2v) is 3.92. The lowest BCUT2D eigenvalue weighted by Gasteiger charge is -2.21. The summed E-state index contributed by atoms with van der Waals surface area (Å²) in [6, 6.07) is 0. The van der Waals surface area contributed by atoms with Crippen LogP contribution in [0.5, 0.6) is 0 Å². The van der Waals surface area contributed by atoms with E-state index in [-0.39, 0.29) is 0 Å². The summed E-state index contributed by atoms with van der Waals surface area (Å²) in [5.41, 5.74) is 0. The van der Waals surface area contributed by atoms with Crippen LogP contribution in [0.4, 0.5) is 0 Å². The van der Waals surface area contributed by atoms with Crippen LogP contribution in [-0.2, 0) is 0 Å². The molecule has 1 unspecified atom stereocenters. The van der Waals surface area contributed by atoms with Crippen molar-refractivity contribution < 1.29 is 0 Å². The van der Waals surface area contributed by atoms with Crippen LogP contribution in [0.2, 0.25) is 0 Å². The highest BCUT2D eigenvalue weighted by Crippen LogP contribution is 2.12. The summed E-state index contributed by atoms with van der Waals surface area (Å²) in [5.74, 6) is 0.742. The van der Waals surface area contributed by atoms with Gasteiger partial charge in [-0.05, 0) is 32.4 Å². The molecule has 0 bridgehead atoms. The zero-order valence-electron chi connectivity index (χ0n) is 10.9. The standard InChI is InChI=1S/C12H21N.C2H6/c1-3-4-10-13(2)11-12-8-6-5-7-9-12;1-2/h5-8,12H,3-4,9-11H2,1-2H3;1-2H3. The van der Waals surface area contributed by atoms with Gasteiger partial charge in [0.25, 0.3) is 0 Å². The van der Waals surface area contributed by atoms with Crippen molar-refractivity contribution in [3.63, 3.8) is 0 Å². The van der Waals surface area contributed by atoms with Gasteiger partial charge in [0, 0.05) is 6.54 Å². The van der Waals surface area contributed by atoms with Crippen molar-refractivity contribution in [2.75, 3.05) is 20.1 Å². The minimum absolute atomic E-state index is 0.742. The zero-order valence-corrected chi connectivity index (χ0v) is 10.9. The van der Waals surface area contributed by atoms with Gasteiger partial charge in [0.2, 0.25) is 0 Å². The van der Waals surface area contributed by atoms with Crippen molar-refractivity contribution in [1.29, 1.82) is 0 Å². The Morgan fingerprint density at radius 3 is 2.53 bits per heavy atom. The highest BCUT2D eigenvalue weighted by atomic mass is 15.1.